The summed E-state index contributed by atoms with van der Waals surface area (Å²) >= 11 is 4.02. The number of carbonyl (C=O) groups is 8. The normalized spacial score (nSPS) is 23.5. The molecule has 133 heavy (non-hydrogen) atoms. The molecule has 0 bridgehead atoms. The second-order valence-corrected chi connectivity index (χ2v) is 46.8. The molecule has 726 valence electrons. The van der Waals surface area contributed by atoms with E-state index in [4.69, 9.17) is 38.9 Å². The Morgan fingerprint density at radius 2 is 1.08 bits per heavy atom. The summed E-state index contributed by atoms with van der Waals surface area (Å²) in [5.74, 6) is -3.06. The highest BCUT2D eigenvalue weighted by atomic mass is 32.2. The van der Waals surface area contributed by atoms with E-state index in [1.54, 1.807) is 62.1 Å². The number of aromatic nitrogens is 4. The topological polar surface area (TPSA) is 443 Å². The quantitative estimate of drug-likeness (QED) is 0.0179. The van der Waals surface area contributed by atoms with Gasteiger partial charge in [0.15, 0.2) is 10.3 Å². The van der Waals surface area contributed by atoms with Crippen molar-refractivity contribution in [3.63, 3.8) is 0 Å². The van der Waals surface area contributed by atoms with Gasteiger partial charge in [0, 0.05) is 109 Å². The highest BCUT2D eigenvalue weighted by molar-refractivity contribution is 7.91. The lowest BCUT2D eigenvalue weighted by molar-refractivity contribution is -0.147. The summed E-state index contributed by atoms with van der Waals surface area (Å²) in [6, 6.07) is 11.1. The van der Waals surface area contributed by atoms with Crippen molar-refractivity contribution in [3.05, 3.63) is 76.8 Å². The summed E-state index contributed by atoms with van der Waals surface area (Å²) in [5.41, 5.74) is -1.21. The molecule has 8 heterocycles. The average molecular weight is 1930 g/mol. The number of hydrogen-bond acceptors (Lipinski definition) is 25. The van der Waals surface area contributed by atoms with Crippen molar-refractivity contribution in [1.82, 2.24) is 70.2 Å². The summed E-state index contributed by atoms with van der Waals surface area (Å²) < 4.78 is 80.5. The lowest BCUT2D eigenvalue weighted by Gasteiger charge is -2.43. The molecule has 0 spiro atoms. The maximum absolute atomic E-state index is 15.4. The number of ether oxygens (including phenoxy) is 4. The van der Waals surface area contributed by atoms with E-state index in [0.717, 1.165) is 66.5 Å². The van der Waals surface area contributed by atoms with Gasteiger partial charge in [-0.1, -0.05) is 120 Å². The van der Waals surface area contributed by atoms with E-state index in [-0.39, 0.29) is 91.7 Å². The Morgan fingerprint density at radius 1 is 0.602 bits per heavy atom. The van der Waals surface area contributed by atoms with Crippen LogP contribution in [0, 0.1) is 34.0 Å². The minimum atomic E-state index is -3.83. The number of likely N-dealkylation sites (N-methyl/N-ethyl adjacent to an activating group) is 1. The van der Waals surface area contributed by atoms with Gasteiger partial charge in [0.1, 0.15) is 86.0 Å². The molecule has 3 aliphatic heterocycles. The van der Waals surface area contributed by atoms with Crippen molar-refractivity contribution < 1.29 is 84.4 Å². The fraction of sp³-hybridized carbons (Fsp3) is 0.617. The van der Waals surface area contributed by atoms with Crippen LogP contribution in [0.5, 0.6) is 23.0 Å². The van der Waals surface area contributed by atoms with Crippen molar-refractivity contribution in [2.45, 2.75) is 281 Å². The summed E-state index contributed by atoms with van der Waals surface area (Å²) in [4.78, 5) is 136. The maximum Gasteiger partial charge on any atom is 0.329 e. The van der Waals surface area contributed by atoms with E-state index in [9.17, 15) is 55.8 Å². The number of nitrogens with zero attached hydrogens (tertiary/aromatic N) is 8. The van der Waals surface area contributed by atoms with Gasteiger partial charge in [0.05, 0.1) is 55.5 Å². The second kappa shape index (κ2) is 41.4. The number of urea groups is 2. The number of fused-ring (bicyclic) bond motifs is 2. The van der Waals surface area contributed by atoms with Crippen LogP contribution in [0.3, 0.4) is 0 Å². The molecule has 3 saturated heterocycles. The van der Waals surface area contributed by atoms with Gasteiger partial charge in [0.2, 0.25) is 33.7 Å². The van der Waals surface area contributed by atoms with E-state index in [1.807, 2.05) is 113 Å². The first-order chi connectivity index (χ1) is 62.9. The van der Waals surface area contributed by atoms with Gasteiger partial charge in [-0.2, -0.15) is 8.61 Å². The Labute approximate surface area is 791 Å². The third kappa shape index (κ3) is 23.3. The number of aliphatic carboxylic acids is 2. The van der Waals surface area contributed by atoms with Gasteiger partial charge in [-0.15, -0.1) is 34.0 Å². The molecule has 4 saturated carbocycles. The number of nitrogens with one attached hydrogen (secondary N) is 8. The molecule has 34 nitrogen and oxygen atoms in total. The van der Waals surface area contributed by atoms with Gasteiger partial charge in [-0.3, -0.25) is 19.2 Å². The van der Waals surface area contributed by atoms with E-state index in [0.29, 0.717) is 119 Å². The van der Waals surface area contributed by atoms with Gasteiger partial charge in [-0.25, -0.2) is 55.9 Å². The summed E-state index contributed by atoms with van der Waals surface area (Å²) in [5, 5.41) is 53.4. The minimum absolute atomic E-state index is 0.0318. The number of amides is 8. The third-order valence-corrected chi connectivity index (χ3v) is 33.9. The number of carboxylic acid groups (broad SMARTS) is 2. The van der Waals surface area contributed by atoms with E-state index < -0.39 is 143 Å². The Morgan fingerprint density at radius 3 is 1.53 bits per heavy atom. The van der Waals surface area contributed by atoms with Crippen molar-refractivity contribution in [2.24, 2.45) is 34.0 Å². The Hall–Kier alpha value is -9.80. The van der Waals surface area contributed by atoms with Crippen LogP contribution < -0.4 is 61.5 Å². The van der Waals surface area contributed by atoms with E-state index in [1.165, 1.54) is 54.2 Å². The molecule has 5 aromatic heterocycles. The van der Waals surface area contributed by atoms with Crippen molar-refractivity contribution in [1.29, 1.82) is 0 Å². The monoisotopic (exact) mass is 1930 g/mol. The molecular weight excluding hydrogens is 1800 g/mol. The minimum Gasteiger partial charge on any atom is -0.497 e. The second-order valence-electron chi connectivity index (χ2n) is 39.8. The summed E-state index contributed by atoms with van der Waals surface area (Å²) in [6.07, 6.45) is 9.53. The number of likely N-dealkylation sites (tertiary alicyclic amines) is 2. The highest BCUT2D eigenvalue weighted by Gasteiger charge is 2.63. The first kappa shape index (κ1) is 101. The average Bonchev–Trinajstić information content (AvgIpc) is 1.59. The predicted molar refractivity (Wildman–Crippen MR) is 513 cm³/mol. The number of pyridine rings is 2. The number of benzene rings is 2. The molecule has 0 radical (unpaired) electrons. The molecule has 7 fully saturated rings. The van der Waals surface area contributed by atoms with Gasteiger partial charge >= 0.3 is 24.0 Å². The van der Waals surface area contributed by atoms with Gasteiger partial charge < -0.3 is 81.5 Å². The fourth-order valence-electron chi connectivity index (χ4n) is 19.1. The SMILES string of the molecule is CCC1C[C@]1(NC(=O)[C@@H]1C[C@@H](Oc2cc(-c3csc(NC(C)C)n3)nc3cc(OC)ccc23)CN1C(=O)[C@@H](NC(=O)N[C@H](CN(C)S(=O)(=O)c1cccs1)C(C)(C)C)C1CCCCC1)C(=O)O.CCC1C[C@]1(NC(=O)[C@@H]1C[C@@H](Oc2cc(-c3csc(NC(C)C)n3)nc3cc(OC)ccc23)CN1C(=O)[C@@H](NC(=O)N[C@H](CN1CCCCS1(=O)=O)C(C)(C)C)C1(C)CCCCC1)C(=O)O. The van der Waals surface area contributed by atoms with Gasteiger partial charge in [0.25, 0.3) is 10.0 Å². The lowest BCUT2D eigenvalue weighted by atomic mass is 9.70. The zero-order valence-electron chi connectivity index (χ0n) is 79.0. The number of rotatable bonds is 34. The van der Waals surface area contributed by atoms with Crippen molar-refractivity contribution >= 4 is 134 Å². The molecular formula is C94H132N16O18S5. The fourth-order valence-corrected chi connectivity index (χ4v) is 24.8. The highest BCUT2D eigenvalue weighted by Crippen LogP contribution is 2.49. The van der Waals surface area contributed by atoms with Crippen LogP contribution in [-0.4, -0.2) is 244 Å². The molecule has 2 aromatic carbocycles. The molecule has 14 rings (SSSR count). The predicted octanol–water partition coefficient (Wildman–Crippen LogP) is 13.3. The lowest BCUT2D eigenvalue weighted by Crippen LogP contribution is -2.63. The Bertz CT molecular complexity index is 5620. The standard InChI is InChI=1S/C47H64N8O9S3.C47H68N8O9S2/c1-9-29-23-47(29,43(58)59)53-41(56)36-21-31(64-37-22-34(35-26-66-45(50-35)48-27(2)3)49-33-20-30(63-8)17-18-32(33)37)24-55(36)42(57)40(28-14-11-10-12-15-28)52-44(60)51-38(46(4,5)6)25-54(7)67(61,62)39-16-13-19-65-39;1-9-29-24-47(29,42(58)59)53-40(56)36-22-31(64-37-23-34(35-27-65-44(50-35)48-28(2)3)49-33-21-30(63-8)15-16-32(33)37)25-55(36)41(57)39(46(7)17-11-10-12-18-46)52-43(60)51-38(45(4,5)6)26-54-19-13-14-20-66(54,61)62/h13,16-20,22,26-29,31,36,38,40H,9-12,14-15,21,23-25H2,1-8H3,(H,48,50)(H,53,56)(H,58,59)(H2,51,52,60);15-16,21,23,27-29,31,36,38-39H,9-14,17-20,22,24-26H2,1-8H3,(H,48,50)(H,53,56)(H,58,59)(H2,51,52,60)/t29?,31-,36+,38-,40+,47-;29?,31-,36+,38-,39-,47-/m11/s1. The van der Waals surface area contributed by atoms with Gasteiger partial charge in [-0.05, 0) is 149 Å². The van der Waals surface area contributed by atoms with Crippen LogP contribution in [0.25, 0.3) is 44.6 Å². The number of methoxy groups -OCH3 is 2. The number of anilines is 2. The number of hydrogen-bond donors (Lipinski definition) is 10. The zero-order valence-corrected chi connectivity index (χ0v) is 83.1. The van der Waals surface area contributed by atoms with E-state index >= 15 is 9.59 Å². The third-order valence-electron chi connectivity index (χ3n) is 27.3. The first-order valence-electron chi connectivity index (χ1n) is 46.5. The summed E-state index contributed by atoms with van der Waals surface area (Å²) in [6.45, 7) is 25.7. The van der Waals surface area contributed by atoms with Crippen LogP contribution in [0.2, 0.25) is 0 Å². The van der Waals surface area contributed by atoms with Crippen LogP contribution >= 0.6 is 34.0 Å². The number of carboxylic acids is 2. The number of carbonyl (C=O) groups excluding carboxylic acids is 6. The molecule has 12 atom stereocenters. The van der Waals surface area contributed by atoms with Crippen molar-refractivity contribution in [3.8, 4) is 45.8 Å². The Kier molecular flexibility index (Phi) is 31.3. The molecule has 7 aliphatic rings. The van der Waals surface area contributed by atoms with Crippen LogP contribution in [0.1, 0.15) is 206 Å². The first-order valence-corrected chi connectivity index (χ1v) is 52.2. The molecule has 2 unspecified atom stereocenters. The molecule has 8 amide bonds. The van der Waals surface area contributed by atoms with E-state index in [2.05, 4.69) is 42.5 Å². The number of sulfonamides is 2. The van der Waals surface area contributed by atoms with Crippen LogP contribution in [-0.2, 0) is 48.8 Å². The molecule has 4 aliphatic carbocycles. The van der Waals surface area contributed by atoms with Crippen LogP contribution in [0.15, 0.2) is 81.0 Å². The van der Waals surface area contributed by atoms with Crippen molar-refractivity contribution in [2.75, 3.05) is 70.4 Å². The largest absolute Gasteiger partial charge is 0.497 e. The number of thiazole rings is 2. The molecule has 39 heteroatoms. The molecule has 10 N–H and O–H groups in total. The van der Waals surface area contributed by atoms with Crippen LogP contribution in [0.4, 0.5) is 19.9 Å². The zero-order chi connectivity index (χ0) is 96.2. The molecule has 7 aromatic rings. The Balaban J connectivity index is 0.000000226. The maximum atomic E-state index is 15.4. The number of thiophene rings is 1. The smallest absolute Gasteiger partial charge is 0.329 e. The summed E-state index contributed by atoms with van der Waals surface area (Å²) in [7, 11) is -2.69.